The molecule has 0 saturated heterocycles. The summed E-state index contributed by atoms with van der Waals surface area (Å²) in [6.07, 6.45) is 4.36. The minimum Gasteiger partial charge on any atom is -0.370 e. The van der Waals surface area contributed by atoms with Gasteiger partial charge in [-0.05, 0) is 43.7 Å². The Morgan fingerprint density at radius 3 is 2.70 bits per heavy atom. The lowest BCUT2D eigenvalue weighted by atomic mass is 10.1. The molecule has 1 aliphatic rings. The Hall–Kier alpha value is -1.58. The van der Waals surface area contributed by atoms with Crippen LogP contribution < -0.4 is 10.6 Å². The largest absolute Gasteiger partial charge is 0.370 e. The molecule has 1 aliphatic carbocycles. The van der Waals surface area contributed by atoms with Crippen molar-refractivity contribution in [2.24, 2.45) is 5.41 Å². The van der Waals surface area contributed by atoms with E-state index in [4.69, 9.17) is 0 Å². The molecule has 2 rings (SSSR count). The molecular weight excluding hydrogens is 250 g/mol. The second-order valence-electron chi connectivity index (χ2n) is 6.01. The molecule has 0 aromatic carbocycles. The first-order valence-corrected chi connectivity index (χ1v) is 7.59. The quantitative estimate of drug-likeness (QED) is 0.804. The van der Waals surface area contributed by atoms with E-state index in [1.165, 1.54) is 12.8 Å². The minimum atomic E-state index is 0.0111. The van der Waals surface area contributed by atoms with Gasteiger partial charge in [0.05, 0.1) is 0 Å². The van der Waals surface area contributed by atoms with Gasteiger partial charge < -0.3 is 10.6 Å². The van der Waals surface area contributed by atoms with E-state index in [9.17, 15) is 4.79 Å². The maximum atomic E-state index is 12.3. The van der Waals surface area contributed by atoms with E-state index in [2.05, 4.69) is 29.5 Å². The number of pyridine rings is 1. The van der Waals surface area contributed by atoms with Crippen molar-refractivity contribution in [3.05, 3.63) is 23.4 Å². The summed E-state index contributed by atoms with van der Waals surface area (Å²) in [7, 11) is 0. The van der Waals surface area contributed by atoms with Gasteiger partial charge in [0.2, 0.25) is 0 Å². The van der Waals surface area contributed by atoms with Gasteiger partial charge in [-0.2, -0.15) is 0 Å². The lowest BCUT2D eigenvalue weighted by molar-refractivity contribution is 0.0946. The van der Waals surface area contributed by atoms with Crippen LogP contribution in [0.3, 0.4) is 0 Å². The van der Waals surface area contributed by atoms with Crippen molar-refractivity contribution in [3.63, 3.8) is 0 Å². The summed E-state index contributed by atoms with van der Waals surface area (Å²) >= 11 is 0. The molecule has 0 spiro atoms. The van der Waals surface area contributed by atoms with Crippen molar-refractivity contribution in [3.8, 4) is 0 Å². The van der Waals surface area contributed by atoms with E-state index in [0.29, 0.717) is 11.0 Å². The lowest BCUT2D eigenvalue weighted by Gasteiger charge is -2.12. The van der Waals surface area contributed by atoms with E-state index in [1.807, 2.05) is 19.1 Å². The molecule has 0 unspecified atom stereocenters. The van der Waals surface area contributed by atoms with Crippen molar-refractivity contribution in [1.29, 1.82) is 0 Å². The zero-order chi connectivity index (χ0) is 14.6. The van der Waals surface area contributed by atoms with E-state index < -0.39 is 0 Å². The van der Waals surface area contributed by atoms with Crippen LogP contribution in [0.2, 0.25) is 0 Å². The Morgan fingerprint density at radius 1 is 1.35 bits per heavy atom. The summed E-state index contributed by atoms with van der Waals surface area (Å²) in [5.41, 5.74) is 2.02. The Morgan fingerprint density at radius 2 is 2.10 bits per heavy atom. The molecule has 2 N–H and O–H groups in total. The number of nitrogens with zero attached hydrogens (tertiary/aromatic N) is 1. The fourth-order valence-corrected chi connectivity index (χ4v) is 2.16. The van der Waals surface area contributed by atoms with Gasteiger partial charge in [-0.3, -0.25) is 4.79 Å². The Kier molecular flexibility index (Phi) is 4.63. The maximum Gasteiger partial charge on any atom is 0.251 e. The molecular formula is C16H25N3O. The summed E-state index contributed by atoms with van der Waals surface area (Å²) in [4.78, 5) is 16.8. The maximum absolute atomic E-state index is 12.3. The molecule has 1 fully saturated rings. The van der Waals surface area contributed by atoms with Crippen LogP contribution in [-0.2, 0) is 6.42 Å². The number of nitrogens with one attached hydrogen (secondary N) is 2. The highest BCUT2D eigenvalue weighted by Gasteiger charge is 2.37. The van der Waals surface area contributed by atoms with E-state index in [1.54, 1.807) is 0 Å². The SMILES string of the molecule is CCCc1cc(C(=O)NCC2(C)CC2)cc(NCC)n1. The molecule has 1 saturated carbocycles. The van der Waals surface area contributed by atoms with Crippen molar-refractivity contribution in [2.45, 2.75) is 46.5 Å². The molecule has 1 heterocycles. The van der Waals surface area contributed by atoms with Gasteiger partial charge in [0, 0.05) is 24.3 Å². The molecule has 20 heavy (non-hydrogen) atoms. The molecule has 4 heteroatoms. The van der Waals surface area contributed by atoms with Crippen molar-refractivity contribution >= 4 is 11.7 Å². The topological polar surface area (TPSA) is 54.0 Å². The minimum absolute atomic E-state index is 0.0111. The first-order chi connectivity index (χ1) is 9.56. The zero-order valence-electron chi connectivity index (χ0n) is 12.8. The highest BCUT2D eigenvalue weighted by atomic mass is 16.1. The monoisotopic (exact) mass is 275 g/mol. The predicted molar refractivity (Wildman–Crippen MR) is 82.1 cm³/mol. The molecule has 110 valence electrons. The van der Waals surface area contributed by atoms with Gasteiger partial charge in [0.25, 0.3) is 5.91 Å². The highest BCUT2D eigenvalue weighted by molar-refractivity contribution is 5.95. The second kappa shape index (κ2) is 6.25. The van der Waals surface area contributed by atoms with Gasteiger partial charge in [0.15, 0.2) is 0 Å². The third-order valence-electron chi connectivity index (χ3n) is 3.78. The molecule has 0 atom stereocenters. The van der Waals surface area contributed by atoms with Gasteiger partial charge in [-0.25, -0.2) is 4.98 Å². The van der Waals surface area contributed by atoms with Crippen LogP contribution in [0, 0.1) is 5.41 Å². The van der Waals surface area contributed by atoms with Crippen molar-refractivity contribution < 1.29 is 4.79 Å². The molecule has 1 aromatic heterocycles. The van der Waals surface area contributed by atoms with Crippen LogP contribution in [-0.4, -0.2) is 24.0 Å². The summed E-state index contributed by atoms with van der Waals surface area (Å²) in [6, 6.07) is 3.75. The number of aromatic nitrogens is 1. The Balaban J connectivity index is 2.09. The smallest absolute Gasteiger partial charge is 0.251 e. The number of amides is 1. The van der Waals surface area contributed by atoms with Gasteiger partial charge in [-0.15, -0.1) is 0 Å². The highest BCUT2D eigenvalue weighted by Crippen LogP contribution is 2.44. The first-order valence-electron chi connectivity index (χ1n) is 7.59. The standard InChI is InChI=1S/C16H25N3O/c1-4-6-13-9-12(10-14(19-13)17-5-2)15(20)18-11-16(3)7-8-16/h9-10H,4-8,11H2,1-3H3,(H,17,19)(H,18,20). The second-order valence-corrected chi connectivity index (χ2v) is 6.01. The number of aryl methyl sites for hydroxylation is 1. The zero-order valence-corrected chi connectivity index (χ0v) is 12.8. The van der Waals surface area contributed by atoms with Crippen LogP contribution in [0.4, 0.5) is 5.82 Å². The van der Waals surface area contributed by atoms with E-state index >= 15 is 0 Å². The van der Waals surface area contributed by atoms with Gasteiger partial charge >= 0.3 is 0 Å². The van der Waals surface area contributed by atoms with E-state index in [-0.39, 0.29) is 5.91 Å². The van der Waals surface area contributed by atoms with Crippen molar-refractivity contribution in [1.82, 2.24) is 10.3 Å². The third-order valence-corrected chi connectivity index (χ3v) is 3.78. The number of carbonyl (C=O) groups is 1. The van der Waals surface area contributed by atoms with Crippen LogP contribution in [0.1, 0.15) is 56.1 Å². The predicted octanol–water partition coefficient (Wildman–Crippen LogP) is 3.00. The number of hydrogen-bond donors (Lipinski definition) is 2. The Labute approximate surface area is 121 Å². The number of carbonyl (C=O) groups excluding carboxylic acids is 1. The summed E-state index contributed by atoms with van der Waals surface area (Å²) in [6.45, 7) is 7.94. The first kappa shape index (κ1) is 14.8. The molecule has 0 radical (unpaired) electrons. The normalized spacial score (nSPS) is 15.8. The summed E-state index contributed by atoms with van der Waals surface area (Å²) in [5, 5.41) is 6.24. The summed E-state index contributed by atoms with van der Waals surface area (Å²) in [5.74, 6) is 0.804. The molecule has 0 bridgehead atoms. The average Bonchev–Trinajstić information content (AvgIpc) is 3.15. The fraction of sp³-hybridized carbons (Fsp3) is 0.625. The molecule has 1 amide bonds. The average molecular weight is 275 g/mol. The van der Waals surface area contributed by atoms with Gasteiger partial charge in [0.1, 0.15) is 5.82 Å². The number of anilines is 1. The fourth-order valence-electron chi connectivity index (χ4n) is 2.16. The van der Waals surface area contributed by atoms with Crippen molar-refractivity contribution in [2.75, 3.05) is 18.4 Å². The lowest BCUT2D eigenvalue weighted by Crippen LogP contribution is -2.29. The molecule has 1 aromatic rings. The van der Waals surface area contributed by atoms with Crippen LogP contribution in [0.5, 0.6) is 0 Å². The van der Waals surface area contributed by atoms with E-state index in [0.717, 1.165) is 37.4 Å². The van der Waals surface area contributed by atoms with Crippen LogP contribution in [0.15, 0.2) is 12.1 Å². The van der Waals surface area contributed by atoms with Crippen LogP contribution in [0.25, 0.3) is 0 Å². The Bertz CT molecular complexity index is 456. The van der Waals surface area contributed by atoms with Gasteiger partial charge in [-0.1, -0.05) is 20.3 Å². The van der Waals surface area contributed by atoms with Crippen LogP contribution >= 0.6 is 0 Å². The number of hydrogen-bond acceptors (Lipinski definition) is 3. The number of rotatable bonds is 7. The summed E-state index contributed by atoms with van der Waals surface area (Å²) < 4.78 is 0. The molecule has 0 aliphatic heterocycles. The third kappa shape index (κ3) is 3.95. The molecule has 4 nitrogen and oxygen atoms in total.